The third-order valence-electron chi connectivity index (χ3n) is 5.05. The first-order valence-corrected chi connectivity index (χ1v) is 8.56. The highest BCUT2D eigenvalue weighted by molar-refractivity contribution is 5.76. The molecule has 1 fully saturated rings. The molecule has 2 aromatic heterocycles. The van der Waals surface area contributed by atoms with Gasteiger partial charge in [-0.1, -0.05) is 12.1 Å². The van der Waals surface area contributed by atoms with E-state index >= 15 is 0 Å². The van der Waals surface area contributed by atoms with Crippen molar-refractivity contribution < 1.29 is 9.52 Å². The first-order valence-electron chi connectivity index (χ1n) is 8.56. The van der Waals surface area contributed by atoms with Crippen LogP contribution in [0, 0.1) is 5.92 Å². The first kappa shape index (κ1) is 15.4. The highest BCUT2D eigenvalue weighted by Gasteiger charge is 2.29. The van der Waals surface area contributed by atoms with Gasteiger partial charge in [0.2, 0.25) is 0 Å². The van der Waals surface area contributed by atoms with E-state index in [9.17, 15) is 5.11 Å². The Labute approximate surface area is 141 Å². The van der Waals surface area contributed by atoms with Gasteiger partial charge in [-0.2, -0.15) is 0 Å². The summed E-state index contributed by atoms with van der Waals surface area (Å²) >= 11 is 0. The maximum atomic E-state index is 11.0. The molecular weight excluding hydrogens is 302 g/mol. The van der Waals surface area contributed by atoms with Crippen LogP contribution < -0.4 is 0 Å². The van der Waals surface area contributed by atoms with E-state index < -0.39 is 6.10 Å². The monoisotopic (exact) mass is 325 g/mol. The van der Waals surface area contributed by atoms with Crippen LogP contribution >= 0.6 is 0 Å². The number of aromatic nitrogens is 2. The smallest absolute Gasteiger partial charge is 0.139 e. The molecule has 1 atom stereocenters. The number of rotatable bonds is 4. The van der Waals surface area contributed by atoms with Crippen LogP contribution in [-0.4, -0.2) is 39.7 Å². The molecule has 5 nitrogen and oxygen atoms in total. The molecule has 24 heavy (non-hydrogen) atoms. The van der Waals surface area contributed by atoms with Crippen molar-refractivity contribution in [3.05, 3.63) is 54.2 Å². The van der Waals surface area contributed by atoms with E-state index in [4.69, 9.17) is 9.40 Å². The summed E-state index contributed by atoms with van der Waals surface area (Å²) < 4.78 is 7.61. The van der Waals surface area contributed by atoms with Gasteiger partial charge in [0.25, 0.3) is 0 Å². The minimum atomic E-state index is -0.541. The SMILES string of the molecule is CN1CCC(C(O)c2nc3ccccc3n2Cc2ccco2)CC1. The Kier molecular flexibility index (Phi) is 4.12. The van der Waals surface area contributed by atoms with E-state index in [1.54, 1.807) is 6.26 Å². The summed E-state index contributed by atoms with van der Waals surface area (Å²) in [6, 6.07) is 11.9. The predicted molar refractivity (Wildman–Crippen MR) is 92.7 cm³/mol. The molecular formula is C19H23N3O2. The molecule has 126 valence electrons. The lowest BCUT2D eigenvalue weighted by Crippen LogP contribution is -2.33. The zero-order chi connectivity index (χ0) is 16.5. The number of piperidine rings is 1. The molecule has 1 aliphatic heterocycles. The first-order chi connectivity index (χ1) is 11.7. The van der Waals surface area contributed by atoms with Gasteiger partial charge in [-0.05, 0) is 63.2 Å². The highest BCUT2D eigenvalue weighted by Crippen LogP contribution is 2.32. The molecule has 0 saturated carbocycles. The van der Waals surface area contributed by atoms with Gasteiger partial charge in [-0.3, -0.25) is 0 Å². The minimum absolute atomic E-state index is 0.258. The summed E-state index contributed by atoms with van der Waals surface area (Å²) in [4.78, 5) is 7.06. The maximum Gasteiger partial charge on any atom is 0.139 e. The number of hydrogen-bond acceptors (Lipinski definition) is 4. The number of likely N-dealkylation sites (tertiary alicyclic amines) is 1. The van der Waals surface area contributed by atoms with Crippen molar-refractivity contribution in [3.63, 3.8) is 0 Å². The largest absolute Gasteiger partial charge is 0.467 e. The lowest BCUT2D eigenvalue weighted by Gasteiger charge is -2.31. The molecule has 5 heteroatoms. The van der Waals surface area contributed by atoms with E-state index in [0.29, 0.717) is 6.54 Å². The number of nitrogens with zero attached hydrogens (tertiary/aromatic N) is 3. The molecule has 3 aromatic rings. The van der Waals surface area contributed by atoms with E-state index in [-0.39, 0.29) is 5.92 Å². The molecule has 0 aliphatic carbocycles. The Morgan fingerprint density at radius 3 is 2.75 bits per heavy atom. The summed E-state index contributed by atoms with van der Waals surface area (Å²) in [5, 5.41) is 11.0. The Bertz CT molecular complexity index is 801. The molecule has 1 N–H and O–H groups in total. The van der Waals surface area contributed by atoms with Gasteiger partial charge >= 0.3 is 0 Å². The van der Waals surface area contributed by atoms with Gasteiger partial charge in [0.1, 0.15) is 17.7 Å². The second-order valence-corrected chi connectivity index (χ2v) is 6.71. The van der Waals surface area contributed by atoms with Crippen LogP contribution in [0.3, 0.4) is 0 Å². The number of imidazole rings is 1. The van der Waals surface area contributed by atoms with Gasteiger partial charge in [0, 0.05) is 0 Å². The van der Waals surface area contributed by atoms with E-state index in [2.05, 4.69) is 22.6 Å². The molecule has 3 heterocycles. The minimum Gasteiger partial charge on any atom is -0.467 e. The Balaban J connectivity index is 1.71. The number of furan rings is 1. The zero-order valence-electron chi connectivity index (χ0n) is 13.9. The fraction of sp³-hybridized carbons (Fsp3) is 0.421. The number of para-hydroxylation sites is 2. The fourth-order valence-corrected chi connectivity index (χ4v) is 3.60. The standard InChI is InChI=1S/C19H23N3O2/c1-21-10-8-14(9-11-21)18(23)19-20-16-6-2-3-7-17(16)22(19)13-15-5-4-12-24-15/h2-7,12,14,18,23H,8-11,13H2,1H3. The predicted octanol–water partition coefficient (Wildman–Crippen LogP) is 3.05. The van der Waals surface area contributed by atoms with Crippen molar-refractivity contribution >= 4 is 11.0 Å². The van der Waals surface area contributed by atoms with Crippen molar-refractivity contribution in [2.24, 2.45) is 5.92 Å². The number of aliphatic hydroxyl groups is 1. The van der Waals surface area contributed by atoms with Gasteiger partial charge in [-0.15, -0.1) is 0 Å². The number of fused-ring (bicyclic) bond motifs is 1. The van der Waals surface area contributed by atoms with Crippen molar-refractivity contribution in [1.82, 2.24) is 14.5 Å². The second kappa shape index (κ2) is 6.42. The van der Waals surface area contributed by atoms with Gasteiger partial charge in [0.05, 0.1) is 23.8 Å². The molecule has 0 amide bonds. The summed E-state index contributed by atoms with van der Waals surface area (Å²) in [5.74, 6) is 1.88. The number of hydrogen-bond donors (Lipinski definition) is 1. The summed E-state index contributed by atoms with van der Waals surface area (Å²) in [7, 11) is 2.13. The molecule has 1 saturated heterocycles. The van der Waals surface area contributed by atoms with Gasteiger partial charge < -0.3 is 19.0 Å². The summed E-state index contributed by atoms with van der Waals surface area (Å²) in [6.07, 6.45) is 3.14. The molecule has 1 aliphatic rings. The van der Waals surface area contributed by atoms with Gasteiger partial charge in [-0.25, -0.2) is 4.98 Å². The molecule has 1 aromatic carbocycles. The Hall–Kier alpha value is -2.11. The van der Waals surface area contributed by atoms with Crippen molar-refractivity contribution in [2.45, 2.75) is 25.5 Å². The number of benzene rings is 1. The van der Waals surface area contributed by atoms with E-state index in [1.165, 1.54) is 0 Å². The fourth-order valence-electron chi connectivity index (χ4n) is 3.60. The highest BCUT2D eigenvalue weighted by atomic mass is 16.3. The molecule has 0 spiro atoms. The lowest BCUT2D eigenvalue weighted by atomic mass is 9.91. The quantitative estimate of drug-likeness (QED) is 0.801. The molecule has 0 radical (unpaired) electrons. The van der Waals surface area contributed by atoms with Crippen molar-refractivity contribution in [2.75, 3.05) is 20.1 Å². The van der Waals surface area contributed by atoms with Crippen LogP contribution in [0.25, 0.3) is 11.0 Å². The molecule has 1 unspecified atom stereocenters. The van der Waals surface area contributed by atoms with Crippen molar-refractivity contribution in [1.29, 1.82) is 0 Å². The molecule has 0 bridgehead atoms. The number of aliphatic hydroxyl groups excluding tert-OH is 1. The van der Waals surface area contributed by atoms with Crippen molar-refractivity contribution in [3.8, 4) is 0 Å². The average molecular weight is 325 g/mol. The van der Waals surface area contributed by atoms with Crippen LogP contribution in [0.2, 0.25) is 0 Å². The Morgan fingerprint density at radius 1 is 1.21 bits per heavy atom. The maximum absolute atomic E-state index is 11.0. The van der Waals surface area contributed by atoms with E-state index in [0.717, 1.165) is 48.5 Å². The topological polar surface area (TPSA) is 54.4 Å². The van der Waals surface area contributed by atoms with Crippen LogP contribution in [0.15, 0.2) is 47.1 Å². The molecule has 4 rings (SSSR count). The lowest BCUT2D eigenvalue weighted by molar-refractivity contribution is 0.0571. The van der Waals surface area contributed by atoms with E-state index in [1.807, 2.05) is 30.3 Å². The zero-order valence-corrected chi connectivity index (χ0v) is 13.9. The third kappa shape index (κ3) is 2.85. The second-order valence-electron chi connectivity index (χ2n) is 6.71. The third-order valence-corrected chi connectivity index (χ3v) is 5.05. The normalized spacial score (nSPS) is 18.2. The Morgan fingerprint density at radius 2 is 2.00 bits per heavy atom. The van der Waals surface area contributed by atoms with Gasteiger partial charge in [0.15, 0.2) is 0 Å². The average Bonchev–Trinajstić information content (AvgIpc) is 3.24. The summed E-state index contributed by atoms with van der Waals surface area (Å²) in [5.41, 5.74) is 1.96. The van der Waals surface area contributed by atoms with Crippen LogP contribution in [0.1, 0.15) is 30.5 Å². The summed E-state index contributed by atoms with van der Waals surface area (Å²) in [6.45, 7) is 2.65. The van der Waals surface area contributed by atoms with Crippen LogP contribution in [0.4, 0.5) is 0 Å². The van der Waals surface area contributed by atoms with Crippen LogP contribution in [-0.2, 0) is 6.54 Å². The van der Waals surface area contributed by atoms with Crippen LogP contribution in [0.5, 0.6) is 0 Å².